The van der Waals surface area contributed by atoms with Gasteiger partial charge < -0.3 is 5.11 Å². The second-order valence-corrected chi connectivity index (χ2v) is 4.85. The third-order valence-electron chi connectivity index (χ3n) is 2.72. The van der Waals surface area contributed by atoms with E-state index in [4.69, 9.17) is 5.11 Å². The molecule has 0 aliphatic heterocycles. The minimum atomic E-state index is -1.03. The quantitative estimate of drug-likeness (QED) is 0.645. The molecule has 2 N–H and O–H groups in total. The number of carboxylic acid groups (broad SMARTS) is 1. The number of anilines is 1. The average molecular weight is 272 g/mol. The van der Waals surface area contributed by atoms with Crippen LogP contribution in [0.25, 0.3) is 10.8 Å². The first-order chi connectivity index (χ1) is 9.58. The Labute approximate surface area is 116 Å². The highest BCUT2D eigenvalue weighted by Gasteiger charge is 2.12. The standard InChI is InChI=1S/C14H16N4O2/c1-9(2)7-12(14(19)20)16-18-13-11-6-4-3-5-10(11)8-15-17-13/h3-6,8-9H,7H2,1-2H3,(H,17,18)(H,19,20)/b16-12-. The van der Waals surface area contributed by atoms with E-state index in [1.165, 1.54) is 0 Å². The number of fused-ring (bicyclic) bond motifs is 1. The monoisotopic (exact) mass is 272 g/mol. The Balaban J connectivity index is 2.29. The van der Waals surface area contributed by atoms with Gasteiger partial charge in [-0.2, -0.15) is 10.2 Å². The Morgan fingerprint density at radius 2 is 2.15 bits per heavy atom. The number of hydrogen-bond acceptors (Lipinski definition) is 5. The fourth-order valence-corrected chi connectivity index (χ4v) is 1.80. The summed E-state index contributed by atoms with van der Waals surface area (Å²) in [5.41, 5.74) is 2.79. The Morgan fingerprint density at radius 3 is 2.85 bits per heavy atom. The van der Waals surface area contributed by atoms with E-state index in [-0.39, 0.29) is 11.6 Å². The van der Waals surface area contributed by atoms with Crippen LogP contribution in [0.15, 0.2) is 35.6 Å². The molecule has 0 bridgehead atoms. The number of nitrogens with one attached hydrogen (secondary N) is 1. The van der Waals surface area contributed by atoms with Crippen LogP contribution in [-0.4, -0.2) is 27.0 Å². The molecule has 0 saturated heterocycles. The van der Waals surface area contributed by atoms with Crippen molar-refractivity contribution in [2.45, 2.75) is 20.3 Å². The lowest BCUT2D eigenvalue weighted by molar-refractivity contribution is -0.129. The van der Waals surface area contributed by atoms with Gasteiger partial charge in [-0.3, -0.25) is 5.43 Å². The zero-order valence-corrected chi connectivity index (χ0v) is 11.4. The molecule has 104 valence electrons. The Morgan fingerprint density at radius 1 is 1.40 bits per heavy atom. The Bertz CT molecular complexity index is 647. The zero-order chi connectivity index (χ0) is 14.5. The van der Waals surface area contributed by atoms with Crippen LogP contribution in [0.5, 0.6) is 0 Å². The van der Waals surface area contributed by atoms with E-state index in [2.05, 4.69) is 20.7 Å². The number of aliphatic carboxylic acids is 1. The van der Waals surface area contributed by atoms with Crippen molar-refractivity contribution in [1.82, 2.24) is 10.2 Å². The van der Waals surface area contributed by atoms with Crippen molar-refractivity contribution >= 4 is 28.3 Å². The first-order valence-electron chi connectivity index (χ1n) is 6.34. The van der Waals surface area contributed by atoms with Crippen LogP contribution in [0.1, 0.15) is 20.3 Å². The number of hydrogen-bond donors (Lipinski definition) is 2. The number of rotatable bonds is 5. The molecule has 0 aliphatic rings. The fraction of sp³-hybridized carbons (Fsp3) is 0.286. The molecule has 6 heteroatoms. The second-order valence-electron chi connectivity index (χ2n) is 4.85. The highest BCUT2D eigenvalue weighted by molar-refractivity contribution is 6.35. The summed E-state index contributed by atoms with van der Waals surface area (Å²) in [6.45, 7) is 3.88. The summed E-state index contributed by atoms with van der Waals surface area (Å²) < 4.78 is 0. The summed E-state index contributed by atoms with van der Waals surface area (Å²) in [5.74, 6) is -0.366. The van der Waals surface area contributed by atoms with Crippen LogP contribution >= 0.6 is 0 Å². The van der Waals surface area contributed by atoms with Crippen LogP contribution in [-0.2, 0) is 4.79 Å². The molecule has 1 heterocycles. The van der Waals surface area contributed by atoms with Crippen molar-refractivity contribution in [1.29, 1.82) is 0 Å². The minimum Gasteiger partial charge on any atom is -0.477 e. The van der Waals surface area contributed by atoms with E-state index in [0.717, 1.165) is 10.8 Å². The zero-order valence-electron chi connectivity index (χ0n) is 11.4. The Kier molecular flexibility index (Phi) is 4.24. The van der Waals surface area contributed by atoms with Gasteiger partial charge in [-0.15, -0.1) is 5.10 Å². The van der Waals surface area contributed by atoms with E-state index >= 15 is 0 Å². The third kappa shape index (κ3) is 3.28. The topological polar surface area (TPSA) is 87.5 Å². The minimum absolute atomic E-state index is 0.0785. The van der Waals surface area contributed by atoms with Gasteiger partial charge in [-0.1, -0.05) is 38.1 Å². The molecular formula is C14H16N4O2. The van der Waals surface area contributed by atoms with Gasteiger partial charge in [0.15, 0.2) is 5.82 Å². The fourth-order valence-electron chi connectivity index (χ4n) is 1.80. The van der Waals surface area contributed by atoms with Gasteiger partial charge in [0.05, 0.1) is 6.20 Å². The first-order valence-corrected chi connectivity index (χ1v) is 6.34. The normalized spacial score (nSPS) is 11.8. The van der Waals surface area contributed by atoms with E-state index in [0.29, 0.717) is 12.2 Å². The third-order valence-corrected chi connectivity index (χ3v) is 2.72. The maximum atomic E-state index is 11.1. The SMILES string of the molecule is CC(C)C/C(=N/Nc1nncc2ccccc12)C(=O)O. The number of carbonyl (C=O) groups is 1. The number of benzene rings is 1. The summed E-state index contributed by atoms with van der Waals surface area (Å²) in [5, 5.41) is 22.6. The van der Waals surface area contributed by atoms with Crippen molar-refractivity contribution in [3.63, 3.8) is 0 Å². The molecule has 0 saturated carbocycles. The second kappa shape index (κ2) is 6.10. The molecule has 6 nitrogen and oxygen atoms in total. The molecule has 0 radical (unpaired) electrons. The molecule has 0 amide bonds. The van der Waals surface area contributed by atoms with Gasteiger partial charge in [0.1, 0.15) is 5.71 Å². The Hall–Kier alpha value is -2.50. The van der Waals surface area contributed by atoms with E-state index in [9.17, 15) is 4.79 Å². The number of nitrogens with zero attached hydrogens (tertiary/aromatic N) is 3. The lowest BCUT2D eigenvalue weighted by atomic mass is 10.1. The van der Waals surface area contributed by atoms with Crippen molar-refractivity contribution in [3.05, 3.63) is 30.5 Å². The van der Waals surface area contributed by atoms with E-state index in [1.54, 1.807) is 6.20 Å². The van der Waals surface area contributed by atoms with Gasteiger partial charge in [-0.05, 0) is 5.92 Å². The summed E-state index contributed by atoms with van der Waals surface area (Å²) >= 11 is 0. The molecule has 0 unspecified atom stereocenters. The highest BCUT2D eigenvalue weighted by atomic mass is 16.4. The molecule has 2 rings (SSSR count). The van der Waals surface area contributed by atoms with Crippen molar-refractivity contribution in [2.24, 2.45) is 11.0 Å². The molecular weight excluding hydrogens is 256 g/mol. The molecule has 20 heavy (non-hydrogen) atoms. The summed E-state index contributed by atoms with van der Waals surface area (Å²) in [4.78, 5) is 11.1. The van der Waals surface area contributed by atoms with E-state index < -0.39 is 5.97 Å². The maximum absolute atomic E-state index is 11.1. The highest BCUT2D eigenvalue weighted by Crippen LogP contribution is 2.19. The van der Waals surface area contributed by atoms with Crippen molar-refractivity contribution in [2.75, 3.05) is 5.43 Å². The molecule has 0 spiro atoms. The average Bonchev–Trinajstić information content (AvgIpc) is 2.42. The predicted molar refractivity (Wildman–Crippen MR) is 77.7 cm³/mol. The summed E-state index contributed by atoms with van der Waals surface area (Å²) in [6, 6.07) is 7.57. The number of hydrazone groups is 1. The number of carboxylic acids is 1. The van der Waals surface area contributed by atoms with Gasteiger partial charge in [0.2, 0.25) is 0 Å². The number of aromatic nitrogens is 2. The molecule has 1 aromatic carbocycles. The van der Waals surface area contributed by atoms with Crippen LogP contribution in [0.4, 0.5) is 5.82 Å². The van der Waals surface area contributed by atoms with E-state index in [1.807, 2.05) is 38.1 Å². The van der Waals surface area contributed by atoms with Crippen molar-refractivity contribution < 1.29 is 9.90 Å². The maximum Gasteiger partial charge on any atom is 0.352 e. The lowest BCUT2D eigenvalue weighted by Crippen LogP contribution is -2.17. The van der Waals surface area contributed by atoms with Gasteiger partial charge >= 0.3 is 5.97 Å². The van der Waals surface area contributed by atoms with Crippen LogP contribution < -0.4 is 5.43 Å². The lowest BCUT2D eigenvalue weighted by Gasteiger charge is -2.07. The van der Waals surface area contributed by atoms with Gasteiger partial charge in [0.25, 0.3) is 0 Å². The van der Waals surface area contributed by atoms with Crippen molar-refractivity contribution in [3.8, 4) is 0 Å². The van der Waals surface area contributed by atoms with Crippen LogP contribution in [0.3, 0.4) is 0 Å². The van der Waals surface area contributed by atoms with Gasteiger partial charge in [0, 0.05) is 17.2 Å². The van der Waals surface area contributed by atoms with Crippen LogP contribution in [0, 0.1) is 5.92 Å². The molecule has 1 aromatic heterocycles. The summed E-state index contributed by atoms with van der Waals surface area (Å²) in [6.07, 6.45) is 2.04. The molecule has 0 fully saturated rings. The predicted octanol–water partition coefficient (Wildman–Crippen LogP) is 2.53. The molecule has 0 atom stereocenters. The summed E-state index contributed by atoms with van der Waals surface area (Å²) in [7, 11) is 0. The first kappa shape index (κ1) is 13.9. The largest absolute Gasteiger partial charge is 0.477 e. The molecule has 2 aromatic rings. The molecule has 0 aliphatic carbocycles. The van der Waals surface area contributed by atoms with Gasteiger partial charge in [-0.25, -0.2) is 4.79 Å². The smallest absolute Gasteiger partial charge is 0.352 e. The van der Waals surface area contributed by atoms with Crippen LogP contribution in [0.2, 0.25) is 0 Å².